The lowest BCUT2D eigenvalue weighted by atomic mass is 10.0. The molecule has 2 rings (SSSR count). The highest BCUT2D eigenvalue weighted by molar-refractivity contribution is 5.96. The molecule has 0 aliphatic carbocycles. The Labute approximate surface area is 245 Å². The van der Waals surface area contributed by atoms with Crippen LogP contribution in [-0.2, 0) is 35.2 Å². The molecule has 4 atom stereocenters. The number of carbonyl (C=O) groups excluding carboxylic acids is 4. The Morgan fingerprint density at radius 1 is 0.860 bits per heavy atom. The predicted molar refractivity (Wildman–Crippen MR) is 154 cm³/mol. The van der Waals surface area contributed by atoms with Crippen LogP contribution < -0.4 is 38.9 Å². The van der Waals surface area contributed by atoms with E-state index >= 15 is 0 Å². The first-order valence-electron chi connectivity index (χ1n) is 13.3. The van der Waals surface area contributed by atoms with E-state index < -0.39 is 79.0 Å². The average Bonchev–Trinajstić information content (AvgIpc) is 3.34. The van der Waals surface area contributed by atoms with Crippen molar-refractivity contribution in [2.45, 2.75) is 62.7 Å². The second-order valence-corrected chi connectivity index (χ2v) is 9.74. The lowest BCUT2D eigenvalue weighted by Crippen LogP contribution is -2.58. The van der Waals surface area contributed by atoms with Crippen molar-refractivity contribution in [2.24, 2.45) is 27.9 Å². The summed E-state index contributed by atoms with van der Waals surface area (Å²) < 4.78 is 0. The molecule has 2 aromatic rings. The van der Waals surface area contributed by atoms with Gasteiger partial charge in [-0.05, 0) is 30.9 Å². The number of guanidine groups is 1. The first kappa shape index (κ1) is 34.0. The van der Waals surface area contributed by atoms with E-state index in [1.165, 1.54) is 0 Å². The Bertz CT molecular complexity index is 1360. The summed E-state index contributed by atoms with van der Waals surface area (Å²) in [5.74, 6) is -6.46. The molecule has 0 aliphatic rings. The molecule has 0 saturated heterocycles. The lowest BCUT2D eigenvalue weighted by molar-refractivity contribution is -0.143. The molecule has 0 radical (unpaired) electrons. The zero-order valence-electron chi connectivity index (χ0n) is 23.2. The van der Waals surface area contributed by atoms with Gasteiger partial charge in [-0.1, -0.05) is 18.2 Å². The number of amides is 4. The van der Waals surface area contributed by atoms with Crippen molar-refractivity contribution in [3.8, 4) is 0 Å². The van der Waals surface area contributed by atoms with E-state index in [1.54, 1.807) is 30.5 Å². The van der Waals surface area contributed by atoms with Gasteiger partial charge in [0.05, 0.1) is 12.5 Å². The zero-order valence-corrected chi connectivity index (χ0v) is 23.2. The number of aliphatic imine (C=N–C) groups is 1. The van der Waals surface area contributed by atoms with Crippen molar-refractivity contribution < 1.29 is 39.0 Å². The van der Waals surface area contributed by atoms with Gasteiger partial charge < -0.3 is 54.1 Å². The zero-order chi connectivity index (χ0) is 32.1. The highest BCUT2D eigenvalue weighted by atomic mass is 16.4. The second-order valence-electron chi connectivity index (χ2n) is 9.74. The second kappa shape index (κ2) is 16.3. The summed E-state index contributed by atoms with van der Waals surface area (Å²) in [5.41, 5.74) is 23.0. The summed E-state index contributed by atoms with van der Waals surface area (Å²) >= 11 is 0. The number of aromatic nitrogens is 1. The first-order valence-corrected chi connectivity index (χ1v) is 13.3. The van der Waals surface area contributed by atoms with Crippen molar-refractivity contribution in [2.75, 3.05) is 6.54 Å². The monoisotopic (exact) mass is 603 g/mol. The molecule has 0 saturated carbocycles. The SMILES string of the molecule is NC(=O)CC(NC(=O)C(N)CCCN=C(N)N)C(=O)NC(Cc1c[nH]c2ccccc12)C(=O)NC(CCC(=O)O)C(=O)O. The molecule has 0 fully saturated rings. The van der Waals surface area contributed by atoms with Crippen LogP contribution in [0.1, 0.15) is 37.7 Å². The number of carboxylic acids is 2. The number of fused-ring (bicyclic) bond motifs is 1. The number of carboxylic acid groups (broad SMARTS) is 2. The molecule has 0 spiro atoms. The molecule has 14 N–H and O–H groups in total. The molecule has 4 amide bonds. The summed E-state index contributed by atoms with van der Waals surface area (Å²) in [6.45, 7) is 0.211. The minimum absolute atomic E-state index is 0.126. The third-order valence-electron chi connectivity index (χ3n) is 6.34. The summed E-state index contributed by atoms with van der Waals surface area (Å²) in [7, 11) is 0. The number of carbonyl (C=O) groups is 6. The number of hydrogen-bond acceptors (Lipinski definition) is 8. The van der Waals surface area contributed by atoms with Gasteiger partial charge in [0.15, 0.2) is 5.96 Å². The number of hydrogen-bond donors (Lipinski definition) is 10. The number of para-hydroxylation sites is 1. The van der Waals surface area contributed by atoms with E-state index in [9.17, 15) is 33.9 Å². The fourth-order valence-electron chi connectivity index (χ4n) is 4.14. The summed E-state index contributed by atoms with van der Waals surface area (Å²) in [6.07, 6.45) is 0.399. The van der Waals surface area contributed by atoms with Crippen molar-refractivity contribution in [3.05, 3.63) is 36.0 Å². The molecule has 17 heteroatoms. The Hall–Kier alpha value is -5.19. The van der Waals surface area contributed by atoms with Crippen LogP contribution in [0.25, 0.3) is 10.9 Å². The predicted octanol–water partition coefficient (Wildman–Crippen LogP) is -2.63. The Morgan fingerprint density at radius 3 is 2.12 bits per heavy atom. The van der Waals surface area contributed by atoms with Gasteiger partial charge in [0.25, 0.3) is 0 Å². The maximum Gasteiger partial charge on any atom is 0.326 e. The largest absolute Gasteiger partial charge is 0.481 e. The van der Waals surface area contributed by atoms with Crippen LogP contribution >= 0.6 is 0 Å². The van der Waals surface area contributed by atoms with Gasteiger partial charge in [-0.25, -0.2) is 4.79 Å². The van der Waals surface area contributed by atoms with Crippen LogP contribution in [-0.4, -0.2) is 87.4 Å². The fraction of sp³-hybridized carbons (Fsp3) is 0.423. The summed E-state index contributed by atoms with van der Waals surface area (Å²) in [5, 5.41) is 26.3. The minimum atomic E-state index is -1.57. The molecule has 234 valence electrons. The van der Waals surface area contributed by atoms with Crippen LogP contribution in [0.2, 0.25) is 0 Å². The van der Waals surface area contributed by atoms with E-state index in [0.717, 1.165) is 10.9 Å². The third-order valence-corrected chi connectivity index (χ3v) is 6.34. The number of nitrogens with two attached hydrogens (primary N) is 4. The Kier molecular flexibility index (Phi) is 12.9. The minimum Gasteiger partial charge on any atom is -0.481 e. The molecule has 4 unspecified atom stereocenters. The van der Waals surface area contributed by atoms with E-state index in [2.05, 4.69) is 25.9 Å². The molecule has 1 aromatic carbocycles. The quantitative estimate of drug-likeness (QED) is 0.0477. The molecular formula is C26H37N9O8. The molecular weight excluding hydrogens is 566 g/mol. The maximum atomic E-state index is 13.3. The number of rotatable bonds is 18. The molecule has 0 bridgehead atoms. The highest BCUT2D eigenvalue weighted by Gasteiger charge is 2.32. The number of nitrogens with one attached hydrogen (secondary N) is 4. The van der Waals surface area contributed by atoms with Crippen LogP contribution in [0.3, 0.4) is 0 Å². The standard InChI is InChI=1S/C26H37N9O8/c27-15(5-3-9-31-26(29)30)22(39)34-19(11-20(28)36)24(41)35-18(10-13-12-32-16-6-2-1-4-14(13)16)23(40)33-17(25(42)43)7-8-21(37)38/h1-2,4,6,12,15,17-19,32H,3,5,7-11,27H2,(H2,28,36)(H,33,40)(H,34,39)(H,35,41)(H,37,38)(H,42,43)(H4,29,30,31). The Balaban J connectivity index is 2.26. The van der Waals surface area contributed by atoms with Crippen LogP contribution in [0.15, 0.2) is 35.5 Å². The van der Waals surface area contributed by atoms with Gasteiger partial charge in [0.2, 0.25) is 23.6 Å². The van der Waals surface area contributed by atoms with Crippen molar-refractivity contribution >= 4 is 52.4 Å². The topological polar surface area (TPSA) is 311 Å². The van der Waals surface area contributed by atoms with Gasteiger partial charge in [0.1, 0.15) is 18.1 Å². The van der Waals surface area contributed by atoms with E-state index in [1.807, 2.05) is 0 Å². The third kappa shape index (κ3) is 11.3. The average molecular weight is 604 g/mol. The van der Waals surface area contributed by atoms with E-state index in [4.69, 9.17) is 28.0 Å². The summed E-state index contributed by atoms with van der Waals surface area (Å²) in [4.78, 5) is 80.5. The van der Waals surface area contributed by atoms with Crippen LogP contribution in [0.5, 0.6) is 0 Å². The molecule has 17 nitrogen and oxygen atoms in total. The number of aliphatic carboxylic acids is 2. The molecule has 0 aliphatic heterocycles. The van der Waals surface area contributed by atoms with Gasteiger partial charge in [0, 0.05) is 36.5 Å². The normalized spacial score (nSPS) is 13.6. The number of primary amides is 1. The lowest BCUT2D eigenvalue weighted by Gasteiger charge is -2.25. The van der Waals surface area contributed by atoms with Gasteiger partial charge in [-0.15, -0.1) is 0 Å². The highest BCUT2D eigenvalue weighted by Crippen LogP contribution is 2.19. The smallest absolute Gasteiger partial charge is 0.326 e. The fourth-order valence-corrected chi connectivity index (χ4v) is 4.14. The van der Waals surface area contributed by atoms with Gasteiger partial charge in [-0.3, -0.25) is 29.0 Å². The maximum absolute atomic E-state index is 13.3. The molecule has 43 heavy (non-hydrogen) atoms. The van der Waals surface area contributed by atoms with Crippen molar-refractivity contribution in [1.29, 1.82) is 0 Å². The number of H-pyrrole nitrogens is 1. The van der Waals surface area contributed by atoms with Crippen molar-refractivity contribution in [1.82, 2.24) is 20.9 Å². The summed E-state index contributed by atoms with van der Waals surface area (Å²) in [6, 6.07) is 1.54. The van der Waals surface area contributed by atoms with E-state index in [0.29, 0.717) is 12.0 Å². The number of benzene rings is 1. The number of aromatic amines is 1. The van der Waals surface area contributed by atoms with Gasteiger partial charge in [-0.2, -0.15) is 0 Å². The van der Waals surface area contributed by atoms with Crippen molar-refractivity contribution in [3.63, 3.8) is 0 Å². The Morgan fingerprint density at radius 2 is 1.49 bits per heavy atom. The van der Waals surface area contributed by atoms with E-state index in [-0.39, 0.29) is 25.3 Å². The van der Waals surface area contributed by atoms with Crippen LogP contribution in [0.4, 0.5) is 0 Å². The van der Waals surface area contributed by atoms with Gasteiger partial charge >= 0.3 is 11.9 Å². The molecule has 1 aromatic heterocycles. The van der Waals surface area contributed by atoms with Crippen LogP contribution in [0, 0.1) is 0 Å². The first-order chi connectivity index (χ1) is 20.3. The molecule has 1 heterocycles. The number of nitrogens with zero attached hydrogens (tertiary/aromatic N) is 1.